The van der Waals surface area contributed by atoms with Crippen molar-refractivity contribution in [2.45, 2.75) is 39.2 Å². The molecule has 0 amide bonds. The number of hydrogen-bond acceptors (Lipinski definition) is 2. The average Bonchev–Trinajstić information content (AvgIpc) is 2.76. The third-order valence-electron chi connectivity index (χ3n) is 3.62. The highest BCUT2D eigenvalue weighted by atomic mass is 16.4. The van der Waals surface area contributed by atoms with E-state index in [0.717, 1.165) is 24.2 Å². The van der Waals surface area contributed by atoms with Crippen LogP contribution in [-0.2, 0) is 0 Å². The minimum atomic E-state index is -0.845. The molecule has 1 saturated heterocycles. The fourth-order valence-corrected chi connectivity index (χ4v) is 2.67. The van der Waals surface area contributed by atoms with Crippen molar-refractivity contribution in [3.05, 3.63) is 29.3 Å². The molecular weight excluding hydrogens is 214 g/mol. The Morgan fingerprint density at radius 3 is 2.88 bits per heavy atom. The molecule has 1 N–H and O–H groups in total. The van der Waals surface area contributed by atoms with Gasteiger partial charge < -0.3 is 10.0 Å². The van der Waals surface area contributed by atoms with Gasteiger partial charge in [0.1, 0.15) is 0 Å². The van der Waals surface area contributed by atoms with Gasteiger partial charge in [0.15, 0.2) is 0 Å². The Hall–Kier alpha value is -1.51. The van der Waals surface area contributed by atoms with E-state index < -0.39 is 5.97 Å². The molecule has 17 heavy (non-hydrogen) atoms. The van der Waals surface area contributed by atoms with Gasteiger partial charge in [-0.05, 0) is 49.9 Å². The number of nitrogens with zero attached hydrogens (tertiary/aromatic N) is 1. The largest absolute Gasteiger partial charge is 0.478 e. The zero-order chi connectivity index (χ0) is 12.4. The third kappa shape index (κ3) is 2.28. The van der Waals surface area contributed by atoms with Crippen LogP contribution in [0.1, 0.15) is 42.1 Å². The molecule has 0 spiro atoms. The van der Waals surface area contributed by atoms with Crippen LogP contribution in [-0.4, -0.2) is 23.7 Å². The molecular formula is C14H19NO2. The number of carboxylic acid groups (broad SMARTS) is 1. The molecule has 2 rings (SSSR count). The van der Waals surface area contributed by atoms with Gasteiger partial charge in [-0.3, -0.25) is 0 Å². The second kappa shape index (κ2) is 4.78. The Kier molecular flexibility index (Phi) is 3.36. The van der Waals surface area contributed by atoms with Crippen molar-refractivity contribution in [3.63, 3.8) is 0 Å². The molecule has 92 valence electrons. The summed E-state index contributed by atoms with van der Waals surface area (Å²) in [6.45, 7) is 5.16. The number of aromatic carboxylic acids is 1. The predicted octanol–water partition coefficient (Wildman–Crippen LogP) is 3.07. The van der Waals surface area contributed by atoms with Crippen LogP contribution in [0.4, 0.5) is 5.69 Å². The van der Waals surface area contributed by atoms with E-state index in [9.17, 15) is 4.79 Å². The molecule has 3 nitrogen and oxygen atoms in total. The molecule has 0 bridgehead atoms. The second-order valence-corrected chi connectivity index (χ2v) is 4.70. The van der Waals surface area contributed by atoms with E-state index in [4.69, 9.17) is 5.11 Å². The minimum Gasteiger partial charge on any atom is -0.478 e. The Labute approximate surface area is 102 Å². The molecule has 0 aromatic heterocycles. The van der Waals surface area contributed by atoms with Crippen molar-refractivity contribution in [1.82, 2.24) is 0 Å². The number of carbonyl (C=O) groups is 1. The Morgan fingerprint density at radius 2 is 2.29 bits per heavy atom. The first-order chi connectivity index (χ1) is 8.13. The summed E-state index contributed by atoms with van der Waals surface area (Å²) in [7, 11) is 0. The van der Waals surface area contributed by atoms with Crippen LogP contribution in [0.5, 0.6) is 0 Å². The first-order valence-corrected chi connectivity index (χ1v) is 6.24. The molecule has 0 saturated carbocycles. The van der Waals surface area contributed by atoms with Gasteiger partial charge in [0.05, 0.1) is 5.56 Å². The summed E-state index contributed by atoms with van der Waals surface area (Å²) >= 11 is 0. The maximum absolute atomic E-state index is 11.0. The zero-order valence-corrected chi connectivity index (χ0v) is 10.4. The fraction of sp³-hybridized carbons (Fsp3) is 0.500. The van der Waals surface area contributed by atoms with Crippen molar-refractivity contribution in [2.24, 2.45) is 0 Å². The number of carboxylic acids is 1. The second-order valence-electron chi connectivity index (χ2n) is 4.70. The zero-order valence-electron chi connectivity index (χ0n) is 10.4. The minimum absolute atomic E-state index is 0.404. The van der Waals surface area contributed by atoms with Gasteiger partial charge in [0.25, 0.3) is 0 Å². The molecule has 1 unspecified atom stereocenters. The molecule has 3 heteroatoms. The maximum atomic E-state index is 11.0. The summed E-state index contributed by atoms with van der Waals surface area (Å²) in [4.78, 5) is 13.4. The Balaban J connectivity index is 2.28. The topological polar surface area (TPSA) is 40.5 Å². The highest BCUT2D eigenvalue weighted by molar-refractivity contribution is 5.89. The highest BCUT2D eigenvalue weighted by Crippen LogP contribution is 2.28. The van der Waals surface area contributed by atoms with E-state index >= 15 is 0 Å². The van der Waals surface area contributed by atoms with Crippen LogP contribution in [0.15, 0.2) is 18.2 Å². The van der Waals surface area contributed by atoms with Crippen LogP contribution >= 0.6 is 0 Å². The Bertz CT molecular complexity index is 428. The summed E-state index contributed by atoms with van der Waals surface area (Å²) in [6.07, 6.45) is 3.63. The molecule has 1 aliphatic rings. The highest BCUT2D eigenvalue weighted by Gasteiger charge is 2.23. The van der Waals surface area contributed by atoms with Gasteiger partial charge in [-0.15, -0.1) is 0 Å². The van der Waals surface area contributed by atoms with Crippen molar-refractivity contribution in [3.8, 4) is 0 Å². The molecule has 1 fully saturated rings. The summed E-state index contributed by atoms with van der Waals surface area (Å²) < 4.78 is 0. The monoisotopic (exact) mass is 233 g/mol. The third-order valence-corrected chi connectivity index (χ3v) is 3.62. The predicted molar refractivity (Wildman–Crippen MR) is 68.8 cm³/mol. The number of hydrogen-bond donors (Lipinski definition) is 1. The number of aryl methyl sites for hydroxylation is 1. The average molecular weight is 233 g/mol. The lowest BCUT2D eigenvalue weighted by atomic mass is 10.1. The van der Waals surface area contributed by atoms with Crippen molar-refractivity contribution in [1.29, 1.82) is 0 Å². The van der Waals surface area contributed by atoms with Gasteiger partial charge in [0.2, 0.25) is 0 Å². The van der Waals surface area contributed by atoms with E-state index in [-0.39, 0.29) is 0 Å². The van der Waals surface area contributed by atoms with E-state index in [1.54, 1.807) is 6.07 Å². The summed E-state index contributed by atoms with van der Waals surface area (Å²) in [6, 6.07) is 6.27. The first kappa shape index (κ1) is 12.0. The van der Waals surface area contributed by atoms with Gasteiger partial charge in [0, 0.05) is 18.3 Å². The van der Waals surface area contributed by atoms with E-state index in [0.29, 0.717) is 11.6 Å². The molecule has 1 aromatic rings. The lowest BCUT2D eigenvalue weighted by molar-refractivity contribution is 0.0696. The van der Waals surface area contributed by atoms with Crippen LogP contribution in [0, 0.1) is 6.92 Å². The molecule has 0 aliphatic carbocycles. The normalized spacial score (nSPS) is 19.6. The van der Waals surface area contributed by atoms with Crippen molar-refractivity contribution < 1.29 is 9.90 Å². The van der Waals surface area contributed by atoms with Crippen LogP contribution in [0.2, 0.25) is 0 Å². The number of benzene rings is 1. The lowest BCUT2D eigenvalue weighted by Crippen LogP contribution is -2.28. The summed E-state index contributed by atoms with van der Waals surface area (Å²) in [5.74, 6) is -0.845. The SMILES string of the molecule is CCC1CCCN1c1ccc(C(=O)O)c(C)c1. The first-order valence-electron chi connectivity index (χ1n) is 6.24. The van der Waals surface area contributed by atoms with E-state index in [1.807, 2.05) is 19.1 Å². The number of rotatable bonds is 3. The van der Waals surface area contributed by atoms with Crippen molar-refractivity contribution >= 4 is 11.7 Å². The van der Waals surface area contributed by atoms with Crippen LogP contribution < -0.4 is 4.90 Å². The van der Waals surface area contributed by atoms with Crippen LogP contribution in [0.3, 0.4) is 0 Å². The summed E-state index contributed by atoms with van der Waals surface area (Å²) in [5, 5.41) is 9.01. The molecule has 1 atom stereocenters. The van der Waals surface area contributed by atoms with Crippen molar-refractivity contribution in [2.75, 3.05) is 11.4 Å². The standard InChI is InChI=1S/C14H19NO2/c1-3-11-5-4-8-15(11)12-6-7-13(14(16)17)10(2)9-12/h6-7,9,11H,3-5,8H2,1-2H3,(H,16,17). The van der Waals surface area contributed by atoms with Gasteiger partial charge >= 0.3 is 5.97 Å². The fourth-order valence-electron chi connectivity index (χ4n) is 2.67. The number of anilines is 1. The Morgan fingerprint density at radius 1 is 1.53 bits per heavy atom. The molecule has 1 heterocycles. The van der Waals surface area contributed by atoms with E-state index in [1.165, 1.54) is 12.8 Å². The van der Waals surface area contributed by atoms with Gasteiger partial charge in [-0.25, -0.2) is 4.79 Å². The van der Waals surface area contributed by atoms with Crippen LogP contribution in [0.25, 0.3) is 0 Å². The molecule has 1 aliphatic heterocycles. The molecule has 1 aromatic carbocycles. The quantitative estimate of drug-likeness (QED) is 0.872. The molecule has 0 radical (unpaired) electrons. The van der Waals surface area contributed by atoms with Gasteiger partial charge in [-0.1, -0.05) is 6.92 Å². The maximum Gasteiger partial charge on any atom is 0.335 e. The lowest BCUT2D eigenvalue weighted by Gasteiger charge is -2.26. The smallest absolute Gasteiger partial charge is 0.335 e. The summed E-state index contributed by atoms with van der Waals surface area (Å²) in [5.41, 5.74) is 2.41. The van der Waals surface area contributed by atoms with E-state index in [2.05, 4.69) is 11.8 Å². The van der Waals surface area contributed by atoms with Gasteiger partial charge in [-0.2, -0.15) is 0 Å².